The minimum absolute atomic E-state index is 0.0178. The standard InChI is InChI=1S/C18H12BrF3N4O4/c1-25-16(15(19)9-23-25)17(27)24-11-6-12(26(28)29)8-14(7-11)30-13-4-2-3-10(5-13)18(20,21)22/h2-9H,1H3,(H,24,27). The predicted octanol–water partition coefficient (Wildman–Crippen LogP) is 5.15. The Kier molecular flexibility index (Phi) is 5.78. The van der Waals surface area contributed by atoms with Crippen molar-refractivity contribution >= 4 is 33.2 Å². The molecule has 156 valence electrons. The Morgan fingerprint density at radius 1 is 1.23 bits per heavy atom. The molecule has 0 atom stereocenters. The first-order chi connectivity index (χ1) is 14.0. The molecule has 1 aromatic heterocycles. The van der Waals surface area contributed by atoms with E-state index in [4.69, 9.17) is 4.74 Å². The predicted molar refractivity (Wildman–Crippen MR) is 103 cm³/mol. The van der Waals surface area contributed by atoms with Gasteiger partial charge < -0.3 is 10.1 Å². The van der Waals surface area contributed by atoms with Crippen LogP contribution in [0.15, 0.2) is 53.1 Å². The number of benzene rings is 2. The number of carbonyl (C=O) groups excluding carboxylic acids is 1. The molecule has 0 aliphatic rings. The van der Waals surface area contributed by atoms with Crippen molar-refractivity contribution in [1.29, 1.82) is 0 Å². The van der Waals surface area contributed by atoms with Crippen LogP contribution >= 0.6 is 15.9 Å². The fourth-order valence-electron chi connectivity index (χ4n) is 2.55. The molecular formula is C18H12BrF3N4O4. The number of amides is 1. The van der Waals surface area contributed by atoms with Crippen LogP contribution in [-0.2, 0) is 13.2 Å². The molecule has 0 radical (unpaired) electrons. The van der Waals surface area contributed by atoms with Crippen molar-refractivity contribution in [2.75, 3.05) is 5.32 Å². The maximum atomic E-state index is 12.9. The lowest BCUT2D eigenvalue weighted by Gasteiger charge is -2.12. The Labute approximate surface area is 175 Å². The highest BCUT2D eigenvalue weighted by molar-refractivity contribution is 9.10. The third-order valence-corrected chi connectivity index (χ3v) is 4.45. The Hall–Kier alpha value is -3.41. The van der Waals surface area contributed by atoms with Crippen LogP contribution in [0.25, 0.3) is 0 Å². The number of carbonyl (C=O) groups is 1. The van der Waals surface area contributed by atoms with Gasteiger partial charge in [0, 0.05) is 19.2 Å². The van der Waals surface area contributed by atoms with Crippen LogP contribution in [0.1, 0.15) is 16.1 Å². The second-order valence-electron chi connectivity index (χ2n) is 6.02. The monoisotopic (exact) mass is 484 g/mol. The third-order valence-electron chi connectivity index (χ3n) is 3.87. The van der Waals surface area contributed by atoms with Crippen molar-refractivity contribution in [3.63, 3.8) is 0 Å². The van der Waals surface area contributed by atoms with Gasteiger partial charge in [0.2, 0.25) is 0 Å². The molecule has 1 N–H and O–H groups in total. The van der Waals surface area contributed by atoms with Gasteiger partial charge in [-0.05, 0) is 34.1 Å². The number of non-ortho nitro benzene ring substituents is 1. The van der Waals surface area contributed by atoms with E-state index in [1.165, 1.54) is 30.1 Å². The molecule has 1 amide bonds. The van der Waals surface area contributed by atoms with Crippen molar-refractivity contribution in [1.82, 2.24) is 9.78 Å². The summed E-state index contributed by atoms with van der Waals surface area (Å²) < 4.78 is 45.7. The van der Waals surface area contributed by atoms with Crippen LogP contribution in [0.2, 0.25) is 0 Å². The number of anilines is 1. The van der Waals surface area contributed by atoms with Gasteiger partial charge in [0.15, 0.2) is 0 Å². The molecule has 3 rings (SSSR count). The average molecular weight is 485 g/mol. The number of alkyl halides is 3. The molecule has 0 saturated heterocycles. The number of nitro groups is 1. The molecule has 0 spiro atoms. The number of aryl methyl sites for hydroxylation is 1. The molecule has 8 nitrogen and oxygen atoms in total. The number of aromatic nitrogens is 2. The van der Waals surface area contributed by atoms with Gasteiger partial charge >= 0.3 is 6.18 Å². The second-order valence-corrected chi connectivity index (χ2v) is 6.87. The number of halogens is 4. The van der Waals surface area contributed by atoms with Crippen molar-refractivity contribution < 1.29 is 27.6 Å². The van der Waals surface area contributed by atoms with Gasteiger partial charge in [-0.3, -0.25) is 19.6 Å². The van der Waals surface area contributed by atoms with E-state index in [1.54, 1.807) is 0 Å². The number of rotatable bonds is 5. The van der Waals surface area contributed by atoms with E-state index in [1.807, 2.05) is 0 Å². The molecule has 0 saturated carbocycles. The Morgan fingerprint density at radius 3 is 2.57 bits per heavy atom. The summed E-state index contributed by atoms with van der Waals surface area (Å²) in [5, 5.41) is 17.6. The summed E-state index contributed by atoms with van der Waals surface area (Å²) in [6, 6.07) is 7.46. The summed E-state index contributed by atoms with van der Waals surface area (Å²) in [7, 11) is 1.54. The van der Waals surface area contributed by atoms with Crippen LogP contribution in [0.5, 0.6) is 11.5 Å². The van der Waals surface area contributed by atoms with E-state index >= 15 is 0 Å². The number of ether oxygens (including phenoxy) is 1. The van der Waals surface area contributed by atoms with Crippen molar-refractivity contribution in [2.45, 2.75) is 6.18 Å². The van der Waals surface area contributed by atoms with Crippen LogP contribution < -0.4 is 10.1 Å². The lowest BCUT2D eigenvalue weighted by Crippen LogP contribution is -2.16. The van der Waals surface area contributed by atoms with Gasteiger partial charge in [0.05, 0.1) is 32.9 Å². The smallest absolute Gasteiger partial charge is 0.416 e. The number of nitro benzene ring substituents is 1. The summed E-state index contributed by atoms with van der Waals surface area (Å²) in [5.41, 5.74) is -1.16. The zero-order valence-electron chi connectivity index (χ0n) is 15.1. The molecule has 0 unspecified atom stereocenters. The lowest BCUT2D eigenvalue weighted by molar-refractivity contribution is -0.384. The molecule has 0 aliphatic carbocycles. The van der Waals surface area contributed by atoms with Gasteiger partial charge in [-0.25, -0.2) is 0 Å². The molecule has 3 aromatic rings. The van der Waals surface area contributed by atoms with E-state index in [2.05, 4.69) is 26.3 Å². The van der Waals surface area contributed by atoms with Gasteiger partial charge in [-0.2, -0.15) is 18.3 Å². The van der Waals surface area contributed by atoms with Crippen molar-refractivity contribution in [3.8, 4) is 11.5 Å². The van der Waals surface area contributed by atoms with Crippen molar-refractivity contribution in [3.05, 3.63) is 74.5 Å². The van der Waals surface area contributed by atoms with Crippen LogP contribution in [0.4, 0.5) is 24.5 Å². The first kappa shape index (κ1) is 21.3. The Bertz CT molecular complexity index is 1110. The molecule has 30 heavy (non-hydrogen) atoms. The molecule has 0 fully saturated rings. The first-order valence-corrected chi connectivity index (χ1v) is 8.97. The lowest BCUT2D eigenvalue weighted by atomic mass is 10.2. The summed E-state index contributed by atoms with van der Waals surface area (Å²) >= 11 is 3.18. The molecular weight excluding hydrogens is 473 g/mol. The quantitative estimate of drug-likeness (QED) is 0.398. The van der Waals surface area contributed by atoms with Crippen LogP contribution in [0, 0.1) is 10.1 Å². The van der Waals surface area contributed by atoms with Gasteiger partial charge in [-0.1, -0.05) is 6.07 Å². The fourth-order valence-corrected chi connectivity index (χ4v) is 3.08. The van der Waals surface area contributed by atoms with E-state index < -0.39 is 28.3 Å². The average Bonchev–Trinajstić information content (AvgIpc) is 2.99. The highest BCUT2D eigenvalue weighted by atomic mass is 79.9. The van der Waals surface area contributed by atoms with E-state index in [9.17, 15) is 28.1 Å². The first-order valence-electron chi connectivity index (χ1n) is 8.18. The van der Waals surface area contributed by atoms with Gasteiger partial charge in [0.25, 0.3) is 11.6 Å². The van der Waals surface area contributed by atoms with Gasteiger partial charge in [-0.15, -0.1) is 0 Å². The highest BCUT2D eigenvalue weighted by Gasteiger charge is 2.30. The van der Waals surface area contributed by atoms with E-state index in [-0.39, 0.29) is 22.9 Å². The molecule has 2 aromatic carbocycles. The number of nitrogens with one attached hydrogen (secondary N) is 1. The largest absolute Gasteiger partial charge is 0.457 e. The molecule has 1 heterocycles. The molecule has 0 bridgehead atoms. The Morgan fingerprint density at radius 2 is 1.97 bits per heavy atom. The highest BCUT2D eigenvalue weighted by Crippen LogP contribution is 2.34. The molecule has 0 aliphatic heterocycles. The fraction of sp³-hybridized carbons (Fsp3) is 0.111. The molecule has 12 heteroatoms. The SMILES string of the molecule is Cn1ncc(Br)c1C(=O)Nc1cc(Oc2cccc(C(F)(F)F)c2)cc([N+](=O)[O-])c1. The summed E-state index contributed by atoms with van der Waals surface area (Å²) in [5.74, 6) is -0.896. The zero-order valence-corrected chi connectivity index (χ0v) is 16.7. The van der Waals surface area contributed by atoms with Crippen molar-refractivity contribution in [2.24, 2.45) is 7.05 Å². The minimum Gasteiger partial charge on any atom is -0.457 e. The Balaban J connectivity index is 1.92. The third kappa shape index (κ3) is 4.76. The number of hydrogen-bond acceptors (Lipinski definition) is 5. The number of nitrogens with zero attached hydrogens (tertiary/aromatic N) is 3. The van der Waals surface area contributed by atoms with Crippen LogP contribution in [0.3, 0.4) is 0 Å². The maximum absolute atomic E-state index is 12.9. The number of hydrogen-bond donors (Lipinski definition) is 1. The minimum atomic E-state index is -4.57. The van der Waals surface area contributed by atoms with Gasteiger partial charge in [0.1, 0.15) is 17.2 Å². The normalized spacial score (nSPS) is 11.2. The summed E-state index contributed by atoms with van der Waals surface area (Å²) in [6.07, 6.45) is -3.16. The second kappa shape index (κ2) is 8.14. The van der Waals surface area contributed by atoms with Crippen LogP contribution in [-0.4, -0.2) is 20.6 Å². The van der Waals surface area contributed by atoms with E-state index in [0.717, 1.165) is 30.3 Å². The summed E-state index contributed by atoms with van der Waals surface area (Å²) in [4.78, 5) is 23.0. The summed E-state index contributed by atoms with van der Waals surface area (Å²) in [6.45, 7) is 0. The van der Waals surface area contributed by atoms with E-state index in [0.29, 0.717) is 4.47 Å². The topological polar surface area (TPSA) is 99.3 Å². The maximum Gasteiger partial charge on any atom is 0.416 e. The zero-order chi connectivity index (χ0) is 22.1.